The molecule has 1 heterocycles. The van der Waals surface area contributed by atoms with Gasteiger partial charge in [0.15, 0.2) is 0 Å². The molecular weight excluding hydrogens is 194 g/mol. The Labute approximate surface area is 88.1 Å². The van der Waals surface area contributed by atoms with E-state index in [1.807, 2.05) is 18.2 Å². The summed E-state index contributed by atoms with van der Waals surface area (Å²) in [6.45, 7) is 2.11. The van der Waals surface area contributed by atoms with Crippen molar-refractivity contribution in [2.45, 2.75) is 29.5 Å². The summed E-state index contributed by atoms with van der Waals surface area (Å²) in [6.07, 6.45) is 2.02. The second-order valence-corrected chi connectivity index (χ2v) is 4.65. The molecule has 1 aliphatic rings. The minimum Gasteiger partial charge on any atom is -0.374 e. The predicted molar refractivity (Wildman–Crippen MR) is 59.9 cm³/mol. The second kappa shape index (κ2) is 4.05. The largest absolute Gasteiger partial charge is 0.374 e. The van der Waals surface area contributed by atoms with E-state index in [1.165, 1.54) is 4.90 Å². The van der Waals surface area contributed by atoms with Crippen LogP contribution in [0, 0.1) is 0 Å². The van der Waals surface area contributed by atoms with Crippen LogP contribution in [0.25, 0.3) is 0 Å². The van der Waals surface area contributed by atoms with Crippen molar-refractivity contribution in [1.29, 1.82) is 0 Å². The summed E-state index contributed by atoms with van der Waals surface area (Å²) in [7, 11) is 0. The standard InChI is InChI=1S/C11H13NOS/c1-2-10-9(7-13)12-8-5-3-4-6-11(8)14-10/h3-7,9-10,12H,2H2,1H3. The van der Waals surface area contributed by atoms with Crippen LogP contribution >= 0.6 is 11.8 Å². The van der Waals surface area contributed by atoms with E-state index >= 15 is 0 Å². The fourth-order valence-corrected chi connectivity index (χ4v) is 2.84. The maximum atomic E-state index is 10.9. The highest BCUT2D eigenvalue weighted by atomic mass is 32.2. The van der Waals surface area contributed by atoms with Gasteiger partial charge in [0.05, 0.1) is 6.04 Å². The van der Waals surface area contributed by atoms with E-state index in [0.717, 1.165) is 18.4 Å². The molecule has 14 heavy (non-hydrogen) atoms. The Balaban J connectivity index is 2.29. The van der Waals surface area contributed by atoms with Gasteiger partial charge >= 0.3 is 0 Å². The van der Waals surface area contributed by atoms with Gasteiger partial charge in [-0.05, 0) is 18.6 Å². The lowest BCUT2D eigenvalue weighted by Crippen LogP contribution is -2.35. The van der Waals surface area contributed by atoms with E-state index in [0.29, 0.717) is 5.25 Å². The van der Waals surface area contributed by atoms with Crippen LogP contribution < -0.4 is 5.32 Å². The van der Waals surface area contributed by atoms with Gasteiger partial charge in [0.2, 0.25) is 0 Å². The van der Waals surface area contributed by atoms with E-state index in [4.69, 9.17) is 0 Å². The Hall–Kier alpha value is -0.960. The van der Waals surface area contributed by atoms with Crippen LogP contribution in [0.1, 0.15) is 13.3 Å². The summed E-state index contributed by atoms with van der Waals surface area (Å²) in [6, 6.07) is 8.09. The molecule has 0 aliphatic carbocycles. The number of carbonyl (C=O) groups excluding carboxylic acids is 1. The lowest BCUT2D eigenvalue weighted by molar-refractivity contribution is -0.108. The van der Waals surface area contributed by atoms with Crippen LogP contribution in [0.3, 0.4) is 0 Å². The number of carbonyl (C=O) groups is 1. The molecule has 2 rings (SSSR count). The first kappa shape index (κ1) is 9.59. The summed E-state index contributed by atoms with van der Waals surface area (Å²) in [5, 5.41) is 3.62. The Morgan fingerprint density at radius 3 is 3.00 bits per heavy atom. The van der Waals surface area contributed by atoms with Gasteiger partial charge in [-0.15, -0.1) is 11.8 Å². The third-order valence-corrected chi connectivity index (χ3v) is 3.98. The van der Waals surface area contributed by atoms with Gasteiger partial charge in [0.25, 0.3) is 0 Å². The SMILES string of the molecule is CCC1Sc2ccccc2NC1C=O. The minimum atomic E-state index is -0.0418. The molecule has 1 aromatic carbocycles. The molecule has 0 aromatic heterocycles. The van der Waals surface area contributed by atoms with Crippen LogP contribution in [0.15, 0.2) is 29.2 Å². The molecule has 74 valence electrons. The van der Waals surface area contributed by atoms with Crippen molar-refractivity contribution in [3.05, 3.63) is 24.3 Å². The summed E-state index contributed by atoms with van der Waals surface area (Å²) in [5.41, 5.74) is 1.08. The third-order valence-electron chi connectivity index (χ3n) is 2.44. The fraction of sp³-hybridized carbons (Fsp3) is 0.364. The first-order valence-electron chi connectivity index (χ1n) is 4.82. The summed E-state index contributed by atoms with van der Waals surface area (Å²) in [4.78, 5) is 12.1. The zero-order chi connectivity index (χ0) is 9.97. The molecule has 0 amide bonds. The van der Waals surface area contributed by atoms with Crippen molar-refractivity contribution in [1.82, 2.24) is 0 Å². The number of hydrogen-bond donors (Lipinski definition) is 1. The molecule has 3 heteroatoms. The van der Waals surface area contributed by atoms with Crippen LogP contribution in [-0.4, -0.2) is 17.6 Å². The van der Waals surface area contributed by atoms with Gasteiger partial charge in [-0.3, -0.25) is 0 Å². The number of rotatable bonds is 2. The molecule has 0 spiro atoms. The number of nitrogens with one attached hydrogen (secondary N) is 1. The van der Waals surface area contributed by atoms with Gasteiger partial charge in [0.1, 0.15) is 6.29 Å². The monoisotopic (exact) mass is 207 g/mol. The lowest BCUT2D eigenvalue weighted by Gasteiger charge is -2.29. The van der Waals surface area contributed by atoms with Crippen LogP contribution in [0.4, 0.5) is 5.69 Å². The molecule has 2 unspecified atom stereocenters. The van der Waals surface area contributed by atoms with Crippen molar-refractivity contribution in [3.8, 4) is 0 Å². The highest BCUT2D eigenvalue weighted by molar-refractivity contribution is 8.00. The Morgan fingerprint density at radius 1 is 1.50 bits per heavy atom. The van der Waals surface area contributed by atoms with Crippen molar-refractivity contribution in [3.63, 3.8) is 0 Å². The topological polar surface area (TPSA) is 29.1 Å². The molecule has 0 saturated heterocycles. The van der Waals surface area contributed by atoms with E-state index in [1.54, 1.807) is 11.8 Å². The van der Waals surface area contributed by atoms with Gasteiger partial charge in [-0.2, -0.15) is 0 Å². The molecule has 0 saturated carbocycles. The zero-order valence-electron chi connectivity index (χ0n) is 8.07. The highest BCUT2D eigenvalue weighted by Crippen LogP contribution is 2.38. The summed E-state index contributed by atoms with van der Waals surface area (Å²) < 4.78 is 0. The molecule has 1 aliphatic heterocycles. The molecule has 2 nitrogen and oxygen atoms in total. The molecule has 0 bridgehead atoms. The summed E-state index contributed by atoms with van der Waals surface area (Å²) >= 11 is 1.80. The van der Waals surface area contributed by atoms with Gasteiger partial charge in [-0.1, -0.05) is 19.1 Å². The van der Waals surface area contributed by atoms with Crippen molar-refractivity contribution >= 4 is 23.7 Å². The van der Waals surface area contributed by atoms with Gasteiger partial charge in [0, 0.05) is 15.8 Å². The highest BCUT2D eigenvalue weighted by Gasteiger charge is 2.26. The second-order valence-electron chi connectivity index (χ2n) is 3.37. The van der Waals surface area contributed by atoms with Gasteiger partial charge in [-0.25, -0.2) is 0 Å². The lowest BCUT2D eigenvalue weighted by atomic mass is 10.1. The van der Waals surface area contributed by atoms with E-state index in [-0.39, 0.29) is 6.04 Å². The number of aldehydes is 1. The Bertz CT molecular complexity index is 340. The average Bonchev–Trinajstić information content (AvgIpc) is 2.27. The Morgan fingerprint density at radius 2 is 2.29 bits per heavy atom. The Kier molecular flexibility index (Phi) is 2.77. The number of thioether (sulfide) groups is 1. The quantitative estimate of drug-likeness (QED) is 0.756. The number of fused-ring (bicyclic) bond motifs is 1. The maximum Gasteiger partial charge on any atom is 0.143 e. The summed E-state index contributed by atoms with van der Waals surface area (Å²) in [5.74, 6) is 0. The van der Waals surface area contributed by atoms with E-state index in [9.17, 15) is 4.79 Å². The molecule has 1 N–H and O–H groups in total. The van der Waals surface area contributed by atoms with Crippen molar-refractivity contribution in [2.24, 2.45) is 0 Å². The first-order chi connectivity index (χ1) is 6.85. The van der Waals surface area contributed by atoms with E-state index < -0.39 is 0 Å². The molecule has 1 aromatic rings. The van der Waals surface area contributed by atoms with Crippen LogP contribution in [-0.2, 0) is 4.79 Å². The normalized spacial score (nSPS) is 24.9. The number of anilines is 1. The number of hydrogen-bond acceptors (Lipinski definition) is 3. The molecule has 0 fully saturated rings. The minimum absolute atomic E-state index is 0.0418. The predicted octanol–water partition coefficient (Wildman–Crippen LogP) is 2.55. The number of benzene rings is 1. The molecule has 2 atom stereocenters. The number of para-hydroxylation sites is 1. The van der Waals surface area contributed by atoms with E-state index in [2.05, 4.69) is 18.3 Å². The van der Waals surface area contributed by atoms with Crippen LogP contribution in [0.2, 0.25) is 0 Å². The fourth-order valence-electron chi connectivity index (χ4n) is 1.66. The molecule has 0 radical (unpaired) electrons. The van der Waals surface area contributed by atoms with Crippen LogP contribution in [0.5, 0.6) is 0 Å². The average molecular weight is 207 g/mol. The maximum absolute atomic E-state index is 10.9. The molecular formula is C11H13NOS. The third kappa shape index (κ3) is 1.64. The van der Waals surface area contributed by atoms with Crippen molar-refractivity contribution < 1.29 is 4.79 Å². The smallest absolute Gasteiger partial charge is 0.143 e. The first-order valence-corrected chi connectivity index (χ1v) is 5.70. The van der Waals surface area contributed by atoms with Crippen molar-refractivity contribution in [2.75, 3.05) is 5.32 Å². The van der Waals surface area contributed by atoms with Gasteiger partial charge < -0.3 is 10.1 Å². The zero-order valence-corrected chi connectivity index (χ0v) is 8.88.